The van der Waals surface area contributed by atoms with Gasteiger partial charge in [-0.25, -0.2) is 9.97 Å². The minimum atomic E-state index is -0.0880. The molecular weight excluding hydrogens is 224 g/mol. The predicted octanol–water partition coefficient (Wildman–Crippen LogP) is 1.63. The highest BCUT2D eigenvalue weighted by molar-refractivity contribution is 7.05. The molecule has 16 heavy (non-hydrogen) atoms. The highest BCUT2D eigenvalue weighted by Crippen LogP contribution is 2.22. The number of rotatable bonds is 3. The summed E-state index contributed by atoms with van der Waals surface area (Å²) in [5.41, 5.74) is 6.62. The number of methoxy groups -OCH3 is 1. The molecule has 84 valence electrons. The highest BCUT2D eigenvalue weighted by Gasteiger charge is 2.10. The maximum absolute atomic E-state index is 5.73. The lowest BCUT2D eigenvalue weighted by Crippen LogP contribution is -2.03. The van der Waals surface area contributed by atoms with Crippen molar-refractivity contribution in [1.82, 2.24) is 14.3 Å². The molecule has 6 heteroatoms. The number of hydrogen-bond donors (Lipinski definition) is 1. The highest BCUT2D eigenvalue weighted by atomic mass is 32.1. The third-order valence-electron chi connectivity index (χ3n) is 2.03. The van der Waals surface area contributed by atoms with Gasteiger partial charge in [0, 0.05) is 17.8 Å². The summed E-state index contributed by atoms with van der Waals surface area (Å²) in [4.78, 5) is 8.38. The number of aromatic nitrogens is 3. The molecule has 0 aromatic carbocycles. The van der Waals surface area contributed by atoms with Gasteiger partial charge in [-0.1, -0.05) is 0 Å². The Morgan fingerprint density at radius 2 is 2.31 bits per heavy atom. The molecule has 1 atom stereocenters. The zero-order valence-corrected chi connectivity index (χ0v) is 9.86. The van der Waals surface area contributed by atoms with Crippen molar-refractivity contribution in [3.63, 3.8) is 0 Å². The molecule has 2 heterocycles. The summed E-state index contributed by atoms with van der Waals surface area (Å²) in [6.45, 7) is 1.89. The fraction of sp³-hybridized carbons (Fsp3) is 0.300. The molecule has 0 aliphatic heterocycles. The van der Waals surface area contributed by atoms with Gasteiger partial charge in [0.25, 0.3) is 0 Å². The van der Waals surface area contributed by atoms with Gasteiger partial charge < -0.3 is 10.5 Å². The third kappa shape index (κ3) is 2.17. The van der Waals surface area contributed by atoms with Crippen molar-refractivity contribution < 1.29 is 4.74 Å². The first-order chi connectivity index (χ1) is 7.70. The molecule has 0 fully saturated rings. The van der Waals surface area contributed by atoms with Crippen LogP contribution in [0.5, 0.6) is 5.88 Å². The Labute approximate surface area is 97.5 Å². The van der Waals surface area contributed by atoms with Crippen LogP contribution >= 0.6 is 11.5 Å². The summed E-state index contributed by atoms with van der Waals surface area (Å²) < 4.78 is 9.29. The molecule has 0 saturated heterocycles. The molecule has 0 unspecified atom stereocenters. The van der Waals surface area contributed by atoms with Crippen molar-refractivity contribution >= 4 is 11.5 Å². The van der Waals surface area contributed by atoms with Crippen LogP contribution in [0.25, 0.3) is 11.4 Å². The fourth-order valence-electron chi connectivity index (χ4n) is 1.20. The second-order valence-corrected chi connectivity index (χ2v) is 4.12. The quantitative estimate of drug-likeness (QED) is 0.876. The summed E-state index contributed by atoms with van der Waals surface area (Å²) in [6, 6.07) is 3.55. The zero-order chi connectivity index (χ0) is 11.5. The molecule has 0 amide bonds. The minimum absolute atomic E-state index is 0.0880. The molecule has 2 rings (SSSR count). The smallest absolute Gasteiger partial charge is 0.213 e. The first kappa shape index (κ1) is 11.0. The third-order valence-corrected chi connectivity index (χ3v) is 2.95. The molecular formula is C10H12N4OS. The normalized spacial score (nSPS) is 12.4. The molecule has 0 bridgehead atoms. The van der Waals surface area contributed by atoms with Gasteiger partial charge in [-0.2, -0.15) is 4.37 Å². The maximum Gasteiger partial charge on any atom is 0.213 e. The number of ether oxygens (including phenoxy) is 1. The molecule has 5 nitrogen and oxygen atoms in total. The Morgan fingerprint density at radius 1 is 1.50 bits per heavy atom. The fourth-order valence-corrected chi connectivity index (χ4v) is 1.82. The van der Waals surface area contributed by atoms with Gasteiger partial charge in [0.2, 0.25) is 5.88 Å². The van der Waals surface area contributed by atoms with Crippen LogP contribution in [0.15, 0.2) is 18.3 Å². The van der Waals surface area contributed by atoms with Crippen LogP contribution in [0.3, 0.4) is 0 Å². The predicted molar refractivity (Wildman–Crippen MR) is 62.3 cm³/mol. The lowest BCUT2D eigenvalue weighted by atomic mass is 10.2. The Kier molecular flexibility index (Phi) is 3.12. The molecule has 2 aromatic heterocycles. The molecule has 0 radical (unpaired) electrons. The average molecular weight is 236 g/mol. The minimum Gasteiger partial charge on any atom is -0.481 e. The largest absolute Gasteiger partial charge is 0.481 e. The van der Waals surface area contributed by atoms with E-state index in [1.807, 2.05) is 13.0 Å². The van der Waals surface area contributed by atoms with Crippen molar-refractivity contribution in [2.45, 2.75) is 13.0 Å². The Balaban J connectivity index is 2.34. The van der Waals surface area contributed by atoms with Crippen molar-refractivity contribution in [3.8, 4) is 17.3 Å². The summed E-state index contributed by atoms with van der Waals surface area (Å²) >= 11 is 1.32. The summed E-state index contributed by atoms with van der Waals surface area (Å²) in [6.07, 6.45) is 1.67. The SMILES string of the molecule is COc1cc(-c2nsc([C@@H](C)N)n2)ccn1. The van der Waals surface area contributed by atoms with Gasteiger partial charge in [-0.15, -0.1) is 0 Å². The summed E-state index contributed by atoms with van der Waals surface area (Å²) in [7, 11) is 1.58. The van der Waals surface area contributed by atoms with E-state index >= 15 is 0 Å². The van der Waals surface area contributed by atoms with E-state index in [0.717, 1.165) is 10.6 Å². The van der Waals surface area contributed by atoms with Gasteiger partial charge in [-0.05, 0) is 24.5 Å². The molecule has 0 saturated carbocycles. The van der Waals surface area contributed by atoms with Gasteiger partial charge in [0.1, 0.15) is 5.01 Å². The van der Waals surface area contributed by atoms with Crippen LogP contribution in [0.4, 0.5) is 0 Å². The molecule has 2 N–H and O–H groups in total. The Morgan fingerprint density at radius 3 is 2.94 bits per heavy atom. The monoisotopic (exact) mass is 236 g/mol. The van der Waals surface area contributed by atoms with Crippen molar-refractivity contribution in [3.05, 3.63) is 23.3 Å². The van der Waals surface area contributed by atoms with Gasteiger partial charge in [0.15, 0.2) is 5.82 Å². The van der Waals surface area contributed by atoms with E-state index in [9.17, 15) is 0 Å². The van der Waals surface area contributed by atoms with E-state index in [-0.39, 0.29) is 6.04 Å². The van der Waals surface area contributed by atoms with Gasteiger partial charge >= 0.3 is 0 Å². The maximum atomic E-state index is 5.73. The van der Waals surface area contributed by atoms with Crippen molar-refractivity contribution in [1.29, 1.82) is 0 Å². The number of nitrogens with zero attached hydrogens (tertiary/aromatic N) is 3. The molecule has 2 aromatic rings. The first-order valence-electron chi connectivity index (χ1n) is 4.80. The zero-order valence-electron chi connectivity index (χ0n) is 9.04. The Bertz CT molecular complexity index is 483. The number of pyridine rings is 1. The standard InChI is InChI=1S/C10H12N4OS/c1-6(11)10-13-9(14-16-10)7-3-4-12-8(5-7)15-2/h3-6H,11H2,1-2H3/t6-/m1/s1. The topological polar surface area (TPSA) is 73.9 Å². The molecule has 0 aliphatic carbocycles. The molecule has 0 spiro atoms. The van der Waals surface area contributed by atoms with E-state index in [1.165, 1.54) is 11.5 Å². The molecule has 0 aliphatic rings. The van der Waals surface area contributed by atoms with Crippen LogP contribution < -0.4 is 10.5 Å². The van der Waals surface area contributed by atoms with Crippen LogP contribution in [-0.4, -0.2) is 21.5 Å². The van der Waals surface area contributed by atoms with E-state index < -0.39 is 0 Å². The number of hydrogen-bond acceptors (Lipinski definition) is 6. The van der Waals surface area contributed by atoms with Gasteiger partial charge in [0.05, 0.1) is 13.2 Å². The van der Waals surface area contributed by atoms with Crippen molar-refractivity contribution in [2.24, 2.45) is 5.73 Å². The van der Waals surface area contributed by atoms with Gasteiger partial charge in [-0.3, -0.25) is 0 Å². The van der Waals surface area contributed by atoms with Crippen LogP contribution in [0.2, 0.25) is 0 Å². The number of nitrogens with two attached hydrogens (primary N) is 1. The first-order valence-corrected chi connectivity index (χ1v) is 5.57. The van der Waals surface area contributed by atoms with Crippen LogP contribution in [0.1, 0.15) is 18.0 Å². The summed E-state index contributed by atoms with van der Waals surface area (Å²) in [5, 5.41) is 0.825. The van der Waals surface area contributed by atoms with Crippen LogP contribution in [0, 0.1) is 0 Å². The van der Waals surface area contributed by atoms with E-state index in [2.05, 4.69) is 14.3 Å². The lowest BCUT2D eigenvalue weighted by molar-refractivity contribution is 0.398. The van der Waals surface area contributed by atoms with Crippen LogP contribution in [-0.2, 0) is 0 Å². The van der Waals surface area contributed by atoms with Crippen molar-refractivity contribution in [2.75, 3.05) is 7.11 Å². The summed E-state index contributed by atoms with van der Waals surface area (Å²) in [5.74, 6) is 1.22. The second-order valence-electron chi connectivity index (χ2n) is 3.33. The Hall–Kier alpha value is -1.53. The van der Waals surface area contributed by atoms with E-state index in [0.29, 0.717) is 11.7 Å². The average Bonchev–Trinajstić information content (AvgIpc) is 2.78. The van der Waals surface area contributed by atoms with E-state index in [4.69, 9.17) is 10.5 Å². The van der Waals surface area contributed by atoms with E-state index in [1.54, 1.807) is 19.4 Å². The second kappa shape index (κ2) is 4.54. The lowest BCUT2D eigenvalue weighted by Gasteiger charge is -1.99.